The quantitative estimate of drug-likeness (QED) is 0.246. The third-order valence-corrected chi connectivity index (χ3v) is 8.00. The van der Waals surface area contributed by atoms with E-state index < -0.39 is 18.0 Å². The van der Waals surface area contributed by atoms with E-state index in [9.17, 15) is 14.3 Å². The van der Waals surface area contributed by atoms with Crippen LogP contribution in [-0.4, -0.2) is 29.7 Å². The van der Waals surface area contributed by atoms with Crippen LogP contribution in [0.4, 0.5) is 4.39 Å². The summed E-state index contributed by atoms with van der Waals surface area (Å²) in [4.78, 5) is 12.0. The van der Waals surface area contributed by atoms with E-state index in [2.05, 4.69) is 48.7 Å². The maximum absolute atomic E-state index is 14.9. The van der Waals surface area contributed by atoms with Crippen molar-refractivity contribution in [1.82, 2.24) is 10.6 Å². The second-order valence-corrected chi connectivity index (χ2v) is 11.4. The molecule has 0 aromatic heterocycles. The molecule has 0 aliphatic heterocycles. The van der Waals surface area contributed by atoms with E-state index in [1.165, 1.54) is 30.5 Å². The van der Waals surface area contributed by atoms with Crippen molar-refractivity contribution in [2.24, 2.45) is 0 Å². The summed E-state index contributed by atoms with van der Waals surface area (Å²) < 4.78 is 20.6. The minimum absolute atomic E-state index is 0.175. The molecule has 3 aromatic carbocycles. The Bertz CT molecular complexity index is 1240. The zero-order valence-electron chi connectivity index (χ0n) is 24.0. The van der Waals surface area contributed by atoms with Crippen LogP contribution in [0.5, 0.6) is 5.75 Å². The van der Waals surface area contributed by atoms with Crippen molar-refractivity contribution in [3.63, 3.8) is 0 Å². The molecule has 1 aliphatic rings. The maximum atomic E-state index is 14.9. The summed E-state index contributed by atoms with van der Waals surface area (Å²) in [6.45, 7) is 6.43. The van der Waals surface area contributed by atoms with E-state index >= 15 is 0 Å². The zero-order chi connectivity index (χ0) is 28.5. The van der Waals surface area contributed by atoms with Gasteiger partial charge in [0, 0.05) is 19.0 Å². The summed E-state index contributed by atoms with van der Waals surface area (Å²) in [7, 11) is 0. The van der Waals surface area contributed by atoms with E-state index in [0.29, 0.717) is 24.4 Å². The smallest absolute Gasteiger partial charge is 0.217 e. The van der Waals surface area contributed by atoms with Gasteiger partial charge < -0.3 is 20.5 Å². The van der Waals surface area contributed by atoms with Crippen molar-refractivity contribution < 1.29 is 19.0 Å². The molecule has 1 aliphatic carbocycles. The number of benzene rings is 3. The number of carbonyl (C=O) groups is 1. The lowest BCUT2D eigenvalue weighted by molar-refractivity contribution is -0.120. The van der Waals surface area contributed by atoms with Crippen LogP contribution in [0.15, 0.2) is 72.8 Å². The van der Waals surface area contributed by atoms with Gasteiger partial charge in [0.1, 0.15) is 6.61 Å². The predicted octanol–water partition coefficient (Wildman–Crippen LogP) is 6.39. The number of hydrogen-bond acceptors (Lipinski definition) is 4. The minimum atomic E-state index is -0.854. The van der Waals surface area contributed by atoms with Gasteiger partial charge in [-0.1, -0.05) is 93.8 Å². The molecule has 0 heterocycles. The third-order valence-electron chi connectivity index (χ3n) is 8.00. The van der Waals surface area contributed by atoms with Gasteiger partial charge in [-0.15, -0.1) is 0 Å². The summed E-state index contributed by atoms with van der Waals surface area (Å²) in [6.07, 6.45) is 4.91. The molecule has 4 rings (SSSR count). The molecule has 0 bridgehead atoms. The summed E-state index contributed by atoms with van der Waals surface area (Å²) in [6, 6.07) is 22.7. The first-order valence-electron chi connectivity index (χ1n) is 14.5. The SMILES string of the molecule is CC(=O)N[C@@H](Cc1ccc(OCc2ccccc2)c(F)c1)[C@@H](O)CNC1(c2cccc(C(C)C)c2)CCCCC1. The van der Waals surface area contributed by atoms with Gasteiger partial charge in [-0.2, -0.15) is 0 Å². The van der Waals surface area contributed by atoms with E-state index in [-0.39, 0.29) is 23.8 Å². The Labute approximate surface area is 238 Å². The Morgan fingerprint density at radius 3 is 2.40 bits per heavy atom. The van der Waals surface area contributed by atoms with Gasteiger partial charge in [0.15, 0.2) is 11.6 Å². The standard InChI is InChI=1S/C34H43FN2O3/c1-24(2)28-13-10-14-29(21-28)34(17-8-5-9-18-34)36-22-32(39)31(37-25(3)38)20-27-15-16-33(30(35)19-27)40-23-26-11-6-4-7-12-26/h4,6-7,10-16,19,21,24,31-32,36,39H,5,8-9,17-18,20,22-23H2,1-3H3,(H,37,38)/t31-,32-/m0/s1. The molecule has 1 amide bonds. The molecule has 1 fully saturated rings. The lowest BCUT2D eigenvalue weighted by atomic mass is 9.75. The Hall–Kier alpha value is -3.22. The average molecular weight is 547 g/mol. The van der Waals surface area contributed by atoms with Crippen LogP contribution in [0, 0.1) is 5.82 Å². The molecule has 0 saturated heterocycles. The second kappa shape index (κ2) is 13.9. The lowest BCUT2D eigenvalue weighted by Gasteiger charge is -2.40. The highest BCUT2D eigenvalue weighted by Crippen LogP contribution is 2.38. The number of halogens is 1. The van der Waals surface area contributed by atoms with Gasteiger partial charge in [0.25, 0.3) is 0 Å². The summed E-state index contributed by atoms with van der Waals surface area (Å²) >= 11 is 0. The molecule has 6 heteroatoms. The first kappa shape index (κ1) is 29.8. The predicted molar refractivity (Wildman–Crippen MR) is 158 cm³/mol. The highest BCUT2D eigenvalue weighted by atomic mass is 19.1. The molecule has 2 atom stereocenters. The van der Waals surface area contributed by atoms with Crippen LogP contribution in [0.1, 0.15) is 81.0 Å². The fourth-order valence-electron chi connectivity index (χ4n) is 5.68. The van der Waals surface area contributed by atoms with Crippen molar-refractivity contribution in [3.05, 3.63) is 101 Å². The van der Waals surface area contributed by atoms with Gasteiger partial charge in [0.2, 0.25) is 5.91 Å². The fourth-order valence-corrected chi connectivity index (χ4v) is 5.68. The first-order chi connectivity index (χ1) is 19.3. The molecule has 214 valence electrons. The molecule has 0 unspecified atom stereocenters. The first-order valence-corrected chi connectivity index (χ1v) is 14.5. The topological polar surface area (TPSA) is 70.6 Å². The van der Waals surface area contributed by atoms with Crippen LogP contribution in [-0.2, 0) is 23.4 Å². The Morgan fingerprint density at radius 1 is 0.975 bits per heavy atom. The second-order valence-electron chi connectivity index (χ2n) is 11.4. The number of aliphatic hydroxyl groups is 1. The van der Waals surface area contributed by atoms with E-state index in [4.69, 9.17) is 4.74 Å². The normalized spacial score (nSPS) is 16.4. The fraction of sp³-hybridized carbons (Fsp3) is 0.441. The van der Waals surface area contributed by atoms with Crippen molar-refractivity contribution in [2.45, 2.75) is 89.5 Å². The van der Waals surface area contributed by atoms with Crippen molar-refractivity contribution >= 4 is 5.91 Å². The Kier molecular flexibility index (Phi) is 10.3. The third kappa shape index (κ3) is 7.92. The molecular weight excluding hydrogens is 503 g/mol. The average Bonchev–Trinajstić information content (AvgIpc) is 2.96. The zero-order valence-corrected chi connectivity index (χ0v) is 24.0. The molecule has 3 aromatic rings. The van der Waals surface area contributed by atoms with E-state index in [1.54, 1.807) is 12.1 Å². The summed E-state index contributed by atoms with van der Waals surface area (Å²) in [5.41, 5.74) is 3.99. The van der Waals surface area contributed by atoms with Gasteiger partial charge in [-0.3, -0.25) is 4.79 Å². The molecule has 0 radical (unpaired) electrons. The van der Waals surface area contributed by atoms with Crippen LogP contribution < -0.4 is 15.4 Å². The number of aliphatic hydroxyl groups excluding tert-OH is 1. The number of carbonyl (C=O) groups excluding carboxylic acids is 1. The van der Waals surface area contributed by atoms with Crippen LogP contribution in [0.2, 0.25) is 0 Å². The number of rotatable bonds is 12. The number of ether oxygens (including phenoxy) is 1. The monoisotopic (exact) mass is 546 g/mol. The van der Waals surface area contributed by atoms with Crippen LogP contribution in [0.3, 0.4) is 0 Å². The molecule has 1 saturated carbocycles. The Balaban J connectivity index is 1.44. The van der Waals surface area contributed by atoms with Crippen molar-refractivity contribution in [1.29, 1.82) is 0 Å². The summed E-state index contributed by atoms with van der Waals surface area (Å²) in [5, 5.41) is 17.9. The number of nitrogens with one attached hydrogen (secondary N) is 2. The minimum Gasteiger partial charge on any atom is -0.486 e. The van der Waals surface area contributed by atoms with Gasteiger partial charge in [-0.25, -0.2) is 4.39 Å². The van der Waals surface area contributed by atoms with Gasteiger partial charge >= 0.3 is 0 Å². The summed E-state index contributed by atoms with van der Waals surface area (Å²) in [5.74, 6) is -0.0854. The Morgan fingerprint density at radius 2 is 1.73 bits per heavy atom. The maximum Gasteiger partial charge on any atom is 0.217 e. The molecule has 3 N–H and O–H groups in total. The van der Waals surface area contributed by atoms with Gasteiger partial charge in [0.05, 0.1) is 12.1 Å². The number of amides is 1. The molecule has 40 heavy (non-hydrogen) atoms. The molecule has 0 spiro atoms. The van der Waals surface area contributed by atoms with Crippen LogP contribution >= 0.6 is 0 Å². The molecule has 5 nitrogen and oxygen atoms in total. The van der Waals surface area contributed by atoms with Gasteiger partial charge in [-0.05, 0) is 59.6 Å². The number of hydrogen-bond donors (Lipinski definition) is 3. The molecular formula is C34H43FN2O3. The van der Waals surface area contributed by atoms with E-state index in [0.717, 1.165) is 31.2 Å². The van der Waals surface area contributed by atoms with Crippen molar-refractivity contribution in [3.8, 4) is 5.75 Å². The highest BCUT2D eigenvalue weighted by molar-refractivity contribution is 5.73. The van der Waals surface area contributed by atoms with Crippen LogP contribution in [0.25, 0.3) is 0 Å². The van der Waals surface area contributed by atoms with Crippen molar-refractivity contribution in [2.75, 3.05) is 6.54 Å². The van der Waals surface area contributed by atoms with E-state index in [1.807, 2.05) is 30.3 Å². The lowest BCUT2D eigenvalue weighted by Crippen LogP contribution is -2.53. The highest BCUT2D eigenvalue weighted by Gasteiger charge is 2.35. The largest absolute Gasteiger partial charge is 0.486 e.